The Morgan fingerprint density at radius 1 is 1.13 bits per heavy atom. The monoisotopic (exact) mass is 355 g/mol. The van der Waals surface area contributed by atoms with Gasteiger partial charge in [-0.2, -0.15) is 8.42 Å². The second-order valence-corrected chi connectivity index (χ2v) is 6.44. The second-order valence-electron chi connectivity index (χ2n) is 4.62. The Morgan fingerprint density at radius 2 is 1.74 bits per heavy atom. The fraction of sp³-hybridized carbons (Fsp3) is 0.154. The van der Waals surface area contributed by atoms with E-state index >= 15 is 0 Å². The van der Waals surface area contributed by atoms with Gasteiger partial charge in [-0.15, -0.1) is 0 Å². The average molecular weight is 356 g/mol. The molecule has 0 saturated carbocycles. The molecular weight excluding hydrogens is 342 g/mol. The molecule has 122 valence electrons. The summed E-state index contributed by atoms with van der Waals surface area (Å²) in [4.78, 5) is 19.7. The first-order valence-electron chi connectivity index (χ1n) is 6.43. The Hall–Kier alpha value is -2.39. The number of nitrogens with one attached hydrogen (secondary N) is 3. The summed E-state index contributed by atoms with van der Waals surface area (Å²) in [5.74, 6) is 0.00736. The van der Waals surface area contributed by atoms with Crippen LogP contribution in [0.25, 0.3) is 0 Å². The van der Waals surface area contributed by atoms with Gasteiger partial charge in [0.1, 0.15) is 0 Å². The molecular formula is C13H14ClN5O3S. The van der Waals surface area contributed by atoms with Gasteiger partial charge in [-0.25, -0.2) is 19.5 Å². The first kappa shape index (κ1) is 17.0. The lowest BCUT2D eigenvalue weighted by atomic mass is 10.3. The summed E-state index contributed by atoms with van der Waals surface area (Å²) in [7, 11) is -4.15. The largest absolute Gasteiger partial charge is 0.336 e. The zero-order chi connectivity index (χ0) is 17.0. The molecule has 0 atom stereocenters. The Labute approximate surface area is 138 Å². The minimum absolute atomic E-state index is 0.00736. The maximum absolute atomic E-state index is 11.9. The summed E-state index contributed by atoms with van der Waals surface area (Å²) in [5.41, 5.74) is 1.44. The second kappa shape index (κ2) is 6.80. The molecule has 1 heterocycles. The van der Waals surface area contributed by atoms with E-state index in [1.54, 1.807) is 36.8 Å². The molecule has 2 rings (SSSR count). The van der Waals surface area contributed by atoms with Gasteiger partial charge in [0.2, 0.25) is 5.95 Å². The summed E-state index contributed by atoms with van der Waals surface area (Å²) in [6.07, 6.45) is 0. The third-order valence-corrected chi connectivity index (χ3v) is 3.83. The van der Waals surface area contributed by atoms with Crippen molar-refractivity contribution in [3.63, 3.8) is 0 Å². The summed E-state index contributed by atoms with van der Waals surface area (Å²) in [5, 5.41) is 2.46. The first-order chi connectivity index (χ1) is 10.7. The van der Waals surface area contributed by atoms with Crippen LogP contribution in [0.3, 0.4) is 0 Å². The van der Waals surface area contributed by atoms with Crippen LogP contribution in [-0.4, -0.2) is 24.4 Å². The molecule has 0 radical (unpaired) electrons. The number of urea groups is 1. The van der Waals surface area contributed by atoms with E-state index in [1.165, 1.54) is 12.1 Å². The minimum atomic E-state index is -4.15. The molecule has 2 aromatic rings. The molecule has 0 aliphatic carbocycles. The SMILES string of the molecule is Cc1cc(C)nc(NC(=O)NS(=O)(=O)Nc2ccccc2Cl)n1. The van der Waals surface area contributed by atoms with E-state index in [9.17, 15) is 13.2 Å². The van der Waals surface area contributed by atoms with Gasteiger partial charge in [0.25, 0.3) is 0 Å². The normalized spacial score (nSPS) is 10.9. The van der Waals surface area contributed by atoms with Crippen LogP contribution in [0.2, 0.25) is 5.02 Å². The molecule has 0 spiro atoms. The van der Waals surface area contributed by atoms with E-state index in [0.29, 0.717) is 11.4 Å². The summed E-state index contributed by atoms with van der Waals surface area (Å²) >= 11 is 5.86. The maximum Gasteiger partial charge on any atom is 0.336 e. The van der Waals surface area contributed by atoms with Gasteiger partial charge < -0.3 is 0 Å². The van der Waals surface area contributed by atoms with Crippen molar-refractivity contribution in [1.29, 1.82) is 0 Å². The molecule has 23 heavy (non-hydrogen) atoms. The number of carbonyl (C=O) groups is 1. The Bertz CT molecular complexity index is 821. The Kier molecular flexibility index (Phi) is 5.02. The van der Waals surface area contributed by atoms with Crippen molar-refractivity contribution in [3.05, 3.63) is 46.7 Å². The zero-order valence-corrected chi connectivity index (χ0v) is 13.9. The molecule has 0 saturated heterocycles. The highest BCUT2D eigenvalue weighted by molar-refractivity contribution is 7.91. The van der Waals surface area contributed by atoms with Gasteiger partial charge in [0.15, 0.2) is 0 Å². The zero-order valence-electron chi connectivity index (χ0n) is 12.3. The number of halogens is 1. The molecule has 1 aromatic carbocycles. The van der Waals surface area contributed by atoms with E-state index in [2.05, 4.69) is 20.0 Å². The molecule has 0 bridgehead atoms. The van der Waals surface area contributed by atoms with Crippen molar-refractivity contribution in [2.45, 2.75) is 13.8 Å². The number of anilines is 2. The molecule has 1 aromatic heterocycles. The first-order valence-corrected chi connectivity index (χ1v) is 8.29. The van der Waals surface area contributed by atoms with Gasteiger partial charge in [-0.3, -0.25) is 10.0 Å². The third kappa shape index (κ3) is 5.08. The number of carbonyl (C=O) groups excluding carboxylic acids is 1. The predicted molar refractivity (Wildman–Crippen MR) is 87.7 cm³/mol. The lowest BCUT2D eigenvalue weighted by Crippen LogP contribution is -2.38. The van der Waals surface area contributed by atoms with E-state index < -0.39 is 16.2 Å². The smallest absolute Gasteiger partial charge is 0.275 e. The number of rotatable bonds is 4. The van der Waals surface area contributed by atoms with Crippen molar-refractivity contribution >= 4 is 39.5 Å². The quantitative estimate of drug-likeness (QED) is 0.778. The van der Waals surface area contributed by atoms with Crippen LogP contribution in [0.1, 0.15) is 11.4 Å². The molecule has 0 unspecified atom stereocenters. The Balaban J connectivity index is 2.05. The van der Waals surface area contributed by atoms with Crippen LogP contribution in [-0.2, 0) is 10.2 Å². The van der Waals surface area contributed by atoms with E-state index in [1.807, 2.05) is 0 Å². The van der Waals surface area contributed by atoms with Crippen LogP contribution >= 0.6 is 11.6 Å². The van der Waals surface area contributed by atoms with Crippen molar-refractivity contribution in [3.8, 4) is 0 Å². The number of aromatic nitrogens is 2. The van der Waals surface area contributed by atoms with E-state index in [-0.39, 0.29) is 16.7 Å². The molecule has 10 heteroatoms. The molecule has 3 N–H and O–H groups in total. The van der Waals surface area contributed by atoms with Gasteiger partial charge in [0.05, 0.1) is 10.7 Å². The van der Waals surface area contributed by atoms with Crippen LogP contribution in [0.4, 0.5) is 16.4 Å². The summed E-state index contributed by atoms with van der Waals surface area (Å²) < 4.78 is 27.8. The maximum atomic E-state index is 11.9. The molecule has 0 fully saturated rings. The lowest BCUT2D eigenvalue weighted by Gasteiger charge is -2.11. The number of hydrogen-bond acceptors (Lipinski definition) is 5. The standard InChI is InChI=1S/C13H14ClN5O3S/c1-8-7-9(2)16-12(15-8)17-13(20)19-23(21,22)18-11-6-4-3-5-10(11)14/h3-7,18H,1-2H3,(H2,15,16,17,19,20). The topological polar surface area (TPSA) is 113 Å². The molecule has 8 nitrogen and oxygen atoms in total. The molecule has 0 aliphatic heterocycles. The number of hydrogen-bond donors (Lipinski definition) is 3. The molecule has 0 aliphatic rings. The molecule has 2 amide bonds. The highest BCUT2D eigenvalue weighted by Crippen LogP contribution is 2.21. The van der Waals surface area contributed by atoms with Gasteiger partial charge >= 0.3 is 16.2 Å². The van der Waals surface area contributed by atoms with Crippen molar-refractivity contribution in [2.75, 3.05) is 10.0 Å². The van der Waals surface area contributed by atoms with Crippen LogP contribution < -0.4 is 14.8 Å². The van der Waals surface area contributed by atoms with E-state index in [4.69, 9.17) is 11.6 Å². The number of para-hydroxylation sites is 1. The highest BCUT2D eigenvalue weighted by Gasteiger charge is 2.16. The fourth-order valence-electron chi connectivity index (χ4n) is 1.75. The van der Waals surface area contributed by atoms with Crippen LogP contribution in [0.5, 0.6) is 0 Å². The van der Waals surface area contributed by atoms with E-state index in [0.717, 1.165) is 0 Å². The number of nitrogens with zero attached hydrogens (tertiary/aromatic N) is 2. The number of benzene rings is 1. The van der Waals surface area contributed by atoms with Gasteiger partial charge in [0, 0.05) is 11.4 Å². The average Bonchev–Trinajstić information content (AvgIpc) is 2.39. The van der Waals surface area contributed by atoms with Crippen LogP contribution in [0.15, 0.2) is 30.3 Å². The predicted octanol–water partition coefficient (Wildman–Crippen LogP) is 2.23. The van der Waals surface area contributed by atoms with Crippen LogP contribution in [0, 0.1) is 13.8 Å². The Morgan fingerprint density at radius 3 is 2.35 bits per heavy atom. The van der Waals surface area contributed by atoms with Crippen molar-refractivity contribution in [2.24, 2.45) is 0 Å². The third-order valence-electron chi connectivity index (χ3n) is 2.55. The number of amides is 2. The minimum Gasteiger partial charge on any atom is -0.275 e. The highest BCUT2D eigenvalue weighted by atomic mass is 35.5. The fourth-order valence-corrected chi connectivity index (χ4v) is 2.80. The van der Waals surface area contributed by atoms with Crippen molar-refractivity contribution in [1.82, 2.24) is 14.7 Å². The van der Waals surface area contributed by atoms with Gasteiger partial charge in [-0.1, -0.05) is 23.7 Å². The van der Waals surface area contributed by atoms with Gasteiger partial charge in [-0.05, 0) is 32.0 Å². The summed E-state index contributed by atoms with van der Waals surface area (Å²) in [6.45, 7) is 3.46. The lowest BCUT2D eigenvalue weighted by molar-refractivity contribution is 0.256. The van der Waals surface area contributed by atoms with Crippen molar-refractivity contribution < 1.29 is 13.2 Å². The summed E-state index contributed by atoms with van der Waals surface area (Å²) in [6, 6.07) is 6.97. The number of aryl methyl sites for hydroxylation is 2.